The molecule has 0 aromatic carbocycles. The Morgan fingerprint density at radius 3 is 3.18 bits per heavy atom. The van der Waals surface area contributed by atoms with Gasteiger partial charge in [-0.25, -0.2) is 4.68 Å². The predicted octanol–water partition coefficient (Wildman–Crippen LogP) is 0.561. The number of rotatable bonds is 2. The van der Waals surface area contributed by atoms with Gasteiger partial charge in [0, 0.05) is 13.5 Å². The van der Waals surface area contributed by atoms with E-state index >= 15 is 0 Å². The summed E-state index contributed by atoms with van der Waals surface area (Å²) in [5, 5.41) is 15.4. The van der Waals surface area contributed by atoms with Crippen LogP contribution in [-0.4, -0.2) is 38.2 Å². The first-order chi connectivity index (χ1) is 8.33. The number of aromatic nitrogens is 5. The number of nitrogens with one attached hydrogen (secondary N) is 1. The molecule has 0 radical (unpaired) electrons. The first-order valence-corrected chi connectivity index (χ1v) is 5.76. The van der Waals surface area contributed by atoms with Crippen molar-refractivity contribution in [2.75, 3.05) is 13.1 Å². The zero-order chi connectivity index (χ0) is 11.7. The molecule has 1 aliphatic heterocycles. The van der Waals surface area contributed by atoms with Gasteiger partial charge in [-0.3, -0.25) is 0 Å². The molecule has 7 nitrogen and oxygen atoms in total. The van der Waals surface area contributed by atoms with Gasteiger partial charge in [0.05, 0.1) is 12.2 Å². The van der Waals surface area contributed by atoms with Crippen LogP contribution in [-0.2, 0) is 0 Å². The SMILES string of the molecule is Cc1nc(-c2cn([C@H]3CCCNC3)nn2)no1. The number of hydrogen-bond donors (Lipinski definition) is 1. The van der Waals surface area contributed by atoms with E-state index in [1.54, 1.807) is 6.92 Å². The summed E-state index contributed by atoms with van der Waals surface area (Å²) >= 11 is 0. The van der Waals surface area contributed by atoms with E-state index in [1.807, 2.05) is 10.9 Å². The summed E-state index contributed by atoms with van der Waals surface area (Å²) in [5.74, 6) is 1.03. The van der Waals surface area contributed by atoms with Crippen molar-refractivity contribution in [1.29, 1.82) is 0 Å². The molecule has 0 unspecified atom stereocenters. The maximum atomic E-state index is 4.92. The minimum absolute atomic E-state index is 0.373. The van der Waals surface area contributed by atoms with Crippen LogP contribution in [0.15, 0.2) is 10.7 Å². The van der Waals surface area contributed by atoms with Gasteiger partial charge in [0.1, 0.15) is 0 Å². The van der Waals surface area contributed by atoms with Gasteiger partial charge in [0.2, 0.25) is 11.7 Å². The van der Waals surface area contributed by atoms with Crippen molar-refractivity contribution in [1.82, 2.24) is 30.5 Å². The zero-order valence-electron chi connectivity index (χ0n) is 9.63. The average Bonchev–Trinajstić information content (AvgIpc) is 2.98. The largest absolute Gasteiger partial charge is 0.339 e. The van der Waals surface area contributed by atoms with E-state index in [0.29, 0.717) is 23.5 Å². The molecule has 1 fully saturated rings. The second-order valence-corrected chi connectivity index (χ2v) is 4.22. The van der Waals surface area contributed by atoms with Crippen LogP contribution in [0.4, 0.5) is 0 Å². The van der Waals surface area contributed by atoms with E-state index in [1.165, 1.54) is 6.42 Å². The molecule has 2 aromatic heterocycles. The lowest BCUT2D eigenvalue weighted by molar-refractivity contribution is 0.341. The van der Waals surface area contributed by atoms with Crippen LogP contribution < -0.4 is 5.32 Å². The van der Waals surface area contributed by atoms with Crippen LogP contribution >= 0.6 is 0 Å². The Balaban J connectivity index is 1.82. The Kier molecular flexibility index (Phi) is 2.60. The summed E-state index contributed by atoms with van der Waals surface area (Å²) in [7, 11) is 0. The molecule has 0 spiro atoms. The number of piperidine rings is 1. The van der Waals surface area contributed by atoms with Crippen LogP contribution in [0.25, 0.3) is 11.5 Å². The van der Waals surface area contributed by atoms with E-state index in [2.05, 4.69) is 25.8 Å². The van der Waals surface area contributed by atoms with Gasteiger partial charge >= 0.3 is 0 Å². The first kappa shape index (κ1) is 10.4. The highest BCUT2D eigenvalue weighted by atomic mass is 16.5. The number of hydrogen-bond acceptors (Lipinski definition) is 6. The highest BCUT2D eigenvalue weighted by Crippen LogP contribution is 2.18. The average molecular weight is 234 g/mol. The minimum atomic E-state index is 0.373. The van der Waals surface area contributed by atoms with E-state index in [0.717, 1.165) is 19.5 Å². The second-order valence-electron chi connectivity index (χ2n) is 4.22. The summed E-state index contributed by atoms with van der Waals surface area (Å²) < 4.78 is 6.81. The predicted molar refractivity (Wildman–Crippen MR) is 59.2 cm³/mol. The number of nitrogens with zero attached hydrogens (tertiary/aromatic N) is 5. The summed E-state index contributed by atoms with van der Waals surface area (Å²) in [6, 6.07) is 0.373. The van der Waals surface area contributed by atoms with Crippen LogP contribution in [0.3, 0.4) is 0 Å². The first-order valence-electron chi connectivity index (χ1n) is 5.76. The maximum absolute atomic E-state index is 4.92. The third-order valence-corrected chi connectivity index (χ3v) is 2.91. The van der Waals surface area contributed by atoms with Crippen molar-refractivity contribution in [3.63, 3.8) is 0 Å². The van der Waals surface area contributed by atoms with Crippen LogP contribution in [0, 0.1) is 6.92 Å². The Labute approximate surface area is 98.2 Å². The minimum Gasteiger partial charge on any atom is -0.339 e. The molecule has 0 saturated carbocycles. The Bertz CT molecular complexity index is 498. The third kappa shape index (κ3) is 2.05. The van der Waals surface area contributed by atoms with E-state index in [9.17, 15) is 0 Å². The summed E-state index contributed by atoms with van der Waals surface area (Å²) in [6.07, 6.45) is 4.17. The number of aryl methyl sites for hydroxylation is 1. The Morgan fingerprint density at radius 2 is 2.47 bits per heavy atom. The maximum Gasteiger partial charge on any atom is 0.224 e. The highest BCUT2D eigenvalue weighted by molar-refractivity contribution is 5.45. The molecule has 3 heterocycles. The quantitative estimate of drug-likeness (QED) is 0.817. The monoisotopic (exact) mass is 234 g/mol. The fourth-order valence-electron chi connectivity index (χ4n) is 2.02. The molecule has 1 aliphatic rings. The van der Waals surface area contributed by atoms with Gasteiger partial charge in [-0.15, -0.1) is 5.10 Å². The van der Waals surface area contributed by atoms with Crippen molar-refractivity contribution in [3.8, 4) is 11.5 Å². The van der Waals surface area contributed by atoms with Crippen molar-refractivity contribution in [3.05, 3.63) is 12.1 Å². The van der Waals surface area contributed by atoms with Crippen molar-refractivity contribution in [2.45, 2.75) is 25.8 Å². The van der Waals surface area contributed by atoms with E-state index in [-0.39, 0.29) is 0 Å². The fourth-order valence-corrected chi connectivity index (χ4v) is 2.02. The van der Waals surface area contributed by atoms with Gasteiger partial charge in [-0.2, -0.15) is 4.98 Å². The van der Waals surface area contributed by atoms with Gasteiger partial charge < -0.3 is 9.84 Å². The molecular formula is C10H14N6O. The molecule has 1 atom stereocenters. The molecule has 17 heavy (non-hydrogen) atoms. The topological polar surface area (TPSA) is 81.7 Å². The third-order valence-electron chi connectivity index (χ3n) is 2.91. The molecule has 2 aromatic rings. The normalized spacial score (nSPS) is 20.6. The molecule has 0 amide bonds. The fraction of sp³-hybridized carbons (Fsp3) is 0.600. The Morgan fingerprint density at radius 1 is 1.53 bits per heavy atom. The lowest BCUT2D eigenvalue weighted by Gasteiger charge is -2.22. The summed E-state index contributed by atoms with van der Waals surface area (Å²) in [5.41, 5.74) is 0.660. The molecule has 0 bridgehead atoms. The molecule has 0 aliphatic carbocycles. The lowest BCUT2D eigenvalue weighted by atomic mass is 10.1. The molecule has 7 heteroatoms. The highest BCUT2D eigenvalue weighted by Gasteiger charge is 2.18. The molecule has 90 valence electrons. The second kappa shape index (κ2) is 4.25. The van der Waals surface area contributed by atoms with Crippen molar-refractivity contribution >= 4 is 0 Å². The van der Waals surface area contributed by atoms with E-state index < -0.39 is 0 Å². The van der Waals surface area contributed by atoms with Crippen LogP contribution in [0.1, 0.15) is 24.8 Å². The lowest BCUT2D eigenvalue weighted by Crippen LogP contribution is -2.31. The van der Waals surface area contributed by atoms with Gasteiger partial charge in [-0.05, 0) is 19.4 Å². The van der Waals surface area contributed by atoms with Gasteiger partial charge in [0.25, 0.3) is 0 Å². The van der Waals surface area contributed by atoms with Crippen molar-refractivity contribution < 1.29 is 4.52 Å². The Hall–Kier alpha value is -1.76. The van der Waals surface area contributed by atoms with Gasteiger partial charge in [-0.1, -0.05) is 10.4 Å². The molecular weight excluding hydrogens is 220 g/mol. The summed E-state index contributed by atoms with van der Waals surface area (Å²) in [4.78, 5) is 4.13. The summed E-state index contributed by atoms with van der Waals surface area (Å²) in [6.45, 7) is 3.78. The zero-order valence-corrected chi connectivity index (χ0v) is 9.63. The van der Waals surface area contributed by atoms with Crippen molar-refractivity contribution in [2.24, 2.45) is 0 Å². The van der Waals surface area contributed by atoms with Crippen LogP contribution in [0.5, 0.6) is 0 Å². The van der Waals surface area contributed by atoms with Gasteiger partial charge in [0.15, 0.2) is 5.69 Å². The van der Waals surface area contributed by atoms with E-state index in [4.69, 9.17) is 4.52 Å². The molecule has 1 N–H and O–H groups in total. The standard InChI is InChI=1S/C10H14N6O/c1-7-12-10(14-17-7)9-6-16(15-13-9)8-3-2-4-11-5-8/h6,8,11H,2-5H2,1H3/t8-/m0/s1. The van der Waals surface area contributed by atoms with Crippen LogP contribution in [0.2, 0.25) is 0 Å². The molecule has 1 saturated heterocycles. The smallest absolute Gasteiger partial charge is 0.224 e. The molecule has 3 rings (SSSR count).